The maximum atomic E-state index is 8.82. The van der Waals surface area contributed by atoms with E-state index in [0.29, 0.717) is 12.1 Å². The van der Waals surface area contributed by atoms with Gasteiger partial charge in [-0.1, -0.05) is 0 Å². The molecule has 0 fully saturated rings. The minimum atomic E-state index is 0.269. The van der Waals surface area contributed by atoms with Gasteiger partial charge in [-0.3, -0.25) is 4.68 Å². The SMILES string of the molecule is Cc1nn(C)c(C)c1C(C)NC(C)CCCO. The maximum absolute atomic E-state index is 8.82. The fourth-order valence-electron chi connectivity index (χ4n) is 2.41. The molecular weight excluding hydrogens is 214 g/mol. The molecule has 0 saturated heterocycles. The number of aliphatic hydroxyl groups excluding tert-OH is 1. The molecule has 1 aromatic rings. The lowest BCUT2D eigenvalue weighted by Gasteiger charge is -2.20. The highest BCUT2D eigenvalue weighted by Gasteiger charge is 2.17. The van der Waals surface area contributed by atoms with E-state index < -0.39 is 0 Å². The highest BCUT2D eigenvalue weighted by Crippen LogP contribution is 2.21. The molecule has 0 saturated carbocycles. The molecule has 98 valence electrons. The molecule has 0 aliphatic rings. The molecule has 1 rings (SSSR count). The summed E-state index contributed by atoms with van der Waals surface area (Å²) in [5.41, 5.74) is 3.61. The number of hydrogen-bond donors (Lipinski definition) is 2. The van der Waals surface area contributed by atoms with Gasteiger partial charge in [-0.25, -0.2) is 0 Å². The summed E-state index contributed by atoms with van der Waals surface area (Å²) in [4.78, 5) is 0. The fraction of sp³-hybridized carbons (Fsp3) is 0.769. The average Bonchev–Trinajstić information content (AvgIpc) is 2.50. The van der Waals surface area contributed by atoms with E-state index in [1.165, 1.54) is 11.3 Å². The summed E-state index contributed by atoms with van der Waals surface area (Å²) in [7, 11) is 1.98. The molecule has 2 unspecified atom stereocenters. The summed E-state index contributed by atoms with van der Waals surface area (Å²) < 4.78 is 1.93. The Hall–Kier alpha value is -0.870. The maximum Gasteiger partial charge on any atom is 0.0644 e. The number of aryl methyl sites for hydroxylation is 2. The van der Waals surface area contributed by atoms with Crippen molar-refractivity contribution in [1.82, 2.24) is 15.1 Å². The van der Waals surface area contributed by atoms with Crippen LogP contribution in [-0.4, -0.2) is 27.5 Å². The molecule has 0 radical (unpaired) electrons. The monoisotopic (exact) mass is 239 g/mol. The number of aliphatic hydroxyl groups is 1. The molecule has 0 amide bonds. The molecule has 1 heterocycles. The lowest BCUT2D eigenvalue weighted by molar-refractivity contribution is 0.274. The highest BCUT2D eigenvalue weighted by atomic mass is 16.2. The van der Waals surface area contributed by atoms with E-state index in [2.05, 4.69) is 38.1 Å². The molecule has 0 bridgehead atoms. The van der Waals surface area contributed by atoms with Crippen molar-refractivity contribution in [2.45, 2.75) is 52.6 Å². The predicted molar refractivity (Wildman–Crippen MR) is 70.0 cm³/mol. The summed E-state index contributed by atoms with van der Waals surface area (Å²) in [6, 6.07) is 0.716. The molecule has 4 nitrogen and oxygen atoms in total. The third kappa shape index (κ3) is 3.54. The molecule has 1 aromatic heterocycles. The van der Waals surface area contributed by atoms with E-state index >= 15 is 0 Å². The smallest absolute Gasteiger partial charge is 0.0644 e. The van der Waals surface area contributed by atoms with E-state index in [1.54, 1.807) is 0 Å². The minimum absolute atomic E-state index is 0.269. The fourth-order valence-corrected chi connectivity index (χ4v) is 2.41. The van der Waals surface area contributed by atoms with Gasteiger partial charge in [-0.2, -0.15) is 5.10 Å². The second-order valence-electron chi connectivity index (χ2n) is 4.86. The quantitative estimate of drug-likeness (QED) is 0.796. The molecule has 17 heavy (non-hydrogen) atoms. The van der Waals surface area contributed by atoms with E-state index in [-0.39, 0.29) is 6.61 Å². The number of nitrogens with one attached hydrogen (secondary N) is 1. The number of hydrogen-bond acceptors (Lipinski definition) is 3. The molecule has 0 aliphatic heterocycles. The Labute approximate surface area is 104 Å². The summed E-state index contributed by atoms with van der Waals surface area (Å²) >= 11 is 0. The van der Waals surface area contributed by atoms with Gasteiger partial charge in [0.05, 0.1) is 5.69 Å². The normalized spacial score (nSPS) is 14.9. The molecule has 2 N–H and O–H groups in total. The van der Waals surface area contributed by atoms with Gasteiger partial charge in [0.25, 0.3) is 0 Å². The third-order valence-corrected chi connectivity index (χ3v) is 3.33. The first kappa shape index (κ1) is 14.2. The van der Waals surface area contributed by atoms with Gasteiger partial charge in [0.2, 0.25) is 0 Å². The third-order valence-electron chi connectivity index (χ3n) is 3.33. The second-order valence-corrected chi connectivity index (χ2v) is 4.86. The highest BCUT2D eigenvalue weighted by molar-refractivity contribution is 5.27. The van der Waals surface area contributed by atoms with Crippen molar-refractivity contribution >= 4 is 0 Å². The topological polar surface area (TPSA) is 50.1 Å². The van der Waals surface area contributed by atoms with E-state index in [1.807, 2.05) is 11.7 Å². The standard InChI is InChI=1S/C13H25N3O/c1-9(7-6-8-17)14-10(2)13-11(3)15-16(5)12(13)4/h9-10,14,17H,6-8H2,1-5H3. The Bertz CT molecular complexity index is 360. The molecule has 4 heteroatoms. The first-order valence-electron chi connectivity index (χ1n) is 6.34. The number of nitrogens with zero attached hydrogens (tertiary/aromatic N) is 2. The number of aromatic nitrogens is 2. The molecule has 2 atom stereocenters. The average molecular weight is 239 g/mol. The summed E-state index contributed by atoms with van der Waals surface area (Å²) in [6.45, 7) is 8.76. The lowest BCUT2D eigenvalue weighted by Crippen LogP contribution is -2.29. The van der Waals surface area contributed by atoms with Gasteiger partial charge in [0.1, 0.15) is 0 Å². The van der Waals surface area contributed by atoms with E-state index in [4.69, 9.17) is 5.11 Å². The summed E-state index contributed by atoms with van der Waals surface area (Å²) in [5, 5.41) is 16.8. The van der Waals surface area contributed by atoms with Crippen LogP contribution in [0, 0.1) is 13.8 Å². The molecule has 0 spiro atoms. The number of rotatable bonds is 6. The molecular formula is C13H25N3O. The van der Waals surface area contributed by atoms with Crippen LogP contribution in [0.2, 0.25) is 0 Å². The van der Waals surface area contributed by atoms with Gasteiger partial charge in [0, 0.05) is 37.0 Å². The van der Waals surface area contributed by atoms with Crippen molar-refractivity contribution in [3.63, 3.8) is 0 Å². The largest absolute Gasteiger partial charge is 0.396 e. The van der Waals surface area contributed by atoms with Gasteiger partial charge in [-0.05, 0) is 40.5 Å². The van der Waals surface area contributed by atoms with E-state index in [0.717, 1.165) is 18.5 Å². The van der Waals surface area contributed by atoms with Gasteiger partial charge in [0.15, 0.2) is 0 Å². The Morgan fingerprint density at radius 1 is 1.35 bits per heavy atom. The Kier molecular flexibility index (Phi) is 5.15. The summed E-state index contributed by atoms with van der Waals surface area (Å²) in [5.74, 6) is 0. The van der Waals surface area contributed by atoms with Crippen molar-refractivity contribution in [2.75, 3.05) is 6.61 Å². The summed E-state index contributed by atoms with van der Waals surface area (Å²) in [6.07, 6.45) is 1.85. The van der Waals surface area contributed by atoms with Crippen LogP contribution >= 0.6 is 0 Å². The van der Waals surface area contributed by atoms with Crippen molar-refractivity contribution in [3.8, 4) is 0 Å². The van der Waals surface area contributed by atoms with Crippen molar-refractivity contribution < 1.29 is 5.11 Å². The van der Waals surface area contributed by atoms with Crippen LogP contribution in [0.5, 0.6) is 0 Å². The van der Waals surface area contributed by atoms with Gasteiger partial charge >= 0.3 is 0 Å². The Morgan fingerprint density at radius 3 is 2.47 bits per heavy atom. The van der Waals surface area contributed by atoms with Crippen molar-refractivity contribution in [3.05, 3.63) is 17.0 Å². The second kappa shape index (κ2) is 6.17. The van der Waals surface area contributed by atoms with Crippen LogP contribution in [0.1, 0.15) is 49.7 Å². The van der Waals surface area contributed by atoms with Crippen molar-refractivity contribution in [2.24, 2.45) is 7.05 Å². The Morgan fingerprint density at radius 2 is 2.00 bits per heavy atom. The van der Waals surface area contributed by atoms with Crippen LogP contribution < -0.4 is 5.32 Å². The van der Waals surface area contributed by atoms with Crippen LogP contribution in [-0.2, 0) is 7.05 Å². The van der Waals surface area contributed by atoms with Crippen LogP contribution in [0.3, 0.4) is 0 Å². The van der Waals surface area contributed by atoms with Gasteiger partial charge < -0.3 is 10.4 Å². The first-order valence-corrected chi connectivity index (χ1v) is 6.34. The first-order chi connectivity index (χ1) is 7.97. The Balaban J connectivity index is 2.66. The van der Waals surface area contributed by atoms with E-state index in [9.17, 15) is 0 Å². The zero-order chi connectivity index (χ0) is 13.0. The zero-order valence-electron chi connectivity index (χ0n) is 11.6. The zero-order valence-corrected chi connectivity index (χ0v) is 11.6. The predicted octanol–water partition coefficient (Wildman–Crippen LogP) is 1.85. The van der Waals surface area contributed by atoms with Crippen LogP contribution in [0.15, 0.2) is 0 Å². The van der Waals surface area contributed by atoms with Crippen LogP contribution in [0.4, 0.5) is 0 Å². The van der Waals surface area contributed by atoms with Gasteiger partial charge in [-0.15, -0.1) is 0 Å². The van der Waals surface area contributed by atoms with Crippen LogP contribution in [0.25, 0.3) is 0 Å². The molecule has 0 aliphatic carbocycles. The molecule has 0 aromatic carbocycles. The lowest BCUT2D eigenvalue weighted by atomic mass is 10.0. The van der Waals surface area contributed by atoms with Crippen molar-refractivity contribution in [1.29, 1.82) is 0 Å². The minimum Gasteiger partial charge on any atom is -0.396 e.